The number of nitrogen functional groups attached to an aromatic ring is 1. The fraction of sp³-hybridized carbons (Fsp3) is 0.364. The SMILES string of the molecule is Cc1cc2c(cc1N)N(S(=O)(=O)CC#N)CC2. The zero-order valence-electron chi connectivity index (χ0n) is 9.47. The first kappa shape index (κ1) is 11.7. The summed E-state index contributed by atoms with van der Waals surface area (Å²) in [6.45, 7) is 2.28. The molecule has 0 radical (unpaired) electrons. The van der Waals surface area contributed by atoms with Gasteiger partial charge in [-0.25, -0.2) is 8.42 Å². The number of anilines is 2. The number of nitrogens with two attached hydrogens (primary N) is 1. The predicted octanol–water partition coefficient (Wildman–Crippen LogP) is 0.793. The third-order valence-electron chi connectivity index (χ3n) is 2.90. The second-order valence-corrected chi connectivity index (χ2v) is 5.97. The van der Waals surface area contributed by atoms with Gasteiger partial charge in [0.1, 0.15) is 0 Å². The van der Waals surface area contributed by atoms with Crippen LogP contribution < -0.4 is 10.0 Å². The first-order valence-corrected chi connectivity index (χ1v) is 6.83. The van der Waals surface area contributed by atoms with Crippen molar-refractivity contribution in [1.29, 1.82) is 5.26 Å². The van der Waals surface area contributed by atoms with Crippen LogP contribution in [0.25, 0.3) is 0 Å². The quantitative estimate of drug-likeness (QED) is 0.787. The van der Waals surface area contributed by atoms with Gasteiger partial charge in [-0.2, -0.15) is 5.26 Å². The molecule has 1 heterocycles. The minimum absolute atomic E-state index is 0.391. The minimum Gasteiger partial charge on any atom is -0.398 e. The van der Waals surface area contributed by atoms with Crippen molar-refractivity contribution in [2.45, 2.75) is 13.3 Å². The van der Waals surface area contributed by atoms with Gasteiger partial charge in [0, 0.05) is 12.2 Å². The Bertz CT molecular complexity index is 602. The monoisotopic (exact) mass is 251 g/mol. The van der Waals surface area contributed by atoms with Gasteiger partial charge in [-0.15, -0.1) is 0 Å². The number of rotatable bonds is 2. The van der Waals surface area contributed by atoms with Crippen LogP contribution in [0.1, 0.15) is 11.1 Å². The van der Waals surface area contributed by atoms with Crippen molar-refractivity contribution >= 4 is 21.4 Å². The molecule has 5 nitrogen and oxygen atoms in total. The van der Waals surface area contributed by atoms with Crippen LogP contribution >= 0.6 is 0 Å². The van der Waals surface area contributed by atoms with Crippen LogP contribution in [-0.2, 0) is 16.4 Å². The van der Waals surface area contributed by atoms with E-state index in [9.17, 15) is 8.42 Å². The normalized spacial score (nSPS) is 14.5. The van der Waals surface area contributed by atoms with E-state index in [0.29, 0.717) is 24.3 Å². The summed E-state index contributed by atoms with van der Waals surface area (Å²) >= 11 is 0. The molecule has 0 aromatic heterocycles. The van der Waals surface area contributed by atoms with E-state index in [4.69, 9.17) is 11.0 Å². The largest absolute Gasteiger partial charge is 0.398 e. The summed E-state index contributed by atoms with van der Waals surface area (Å²) in [6.07, 6.45) is 0.668. The third kappa shape index (κ3) is 1.94. The molecule has 1 aliphatic rings. The van der Waals surface area contributed by atoms with Crippen LogP contribution in [0.3, 0.4) is 0 Å². The lowest BCUT2D eigenvalue weighted by Crippen LogP contribution is -2.30. The Kier molecular flexibility index (Phi) is 2.71. The second kappa shape index (κ2) is 3.93. The summed E-state index contributed by atoms with van der Waals surface area (Å²) < 4.78 is 25.0. The van der Waals surface area contributed by atoms with Crippen LogP contribution in [0.4, 0.5) is 11.4 Å². The highest BCUT2D eigenvalue weighted by atomic mass is 32.2. The van der Waals surface area contributed by atoms with E-state index in [0.717, 1.165) is 11.1 Å². The van der Waals surface area contributed by atoms with Crippen molar-refractivity contribution in [2.75, 3.05) is 22.3 Å². The van der Waals surface area contributed by atoms with E-state index in [2.05, 4.69) is 0 Å². The molecule has 1 aliphatic heterocycles. The fourth-order valence-electron chi connectivity index (χ4n) is 2.00. The lowest BCUT2D eigenvalue weighted by atomic mass is 10.1. The molecule has 2 N–H and O–H groups in total. The lowest BCUT2D eigenvalue weighted by molar-refractivity contribution is 0.595. The molecular formula is C11H13N3O2S. The number of nitriles is 1. The van der Waals surface area contributed by atoms with Crippen molar-refractivity contribution in [2.24, 2.45) is 0 Å². The molecule has 0 spiro atoms. The van der Waals surface area contributed by atoms with Gasteiger partial charge in [-0.05, 0) is 30.5 Å². The number of fused-ring (bicyclic) bond motifs is 1. The average molecular weight is 251 g/mol. The Morgan fingerprint density at radius 1 is 1.53 bits per heavy atom. The molecule has 0 unspecified atom stereocenters. The Labute approximate surface area is 101 Å². The zero-order valence-corrected chi connectivity index (χ0v) is 10.3. The third-order valence-corrected chi connectivity index (χ3v) is 4.45. The molecule has 1 aromatic carbocycles. The van der Waals surface area contributed by atoms with Gasteiger partial charge in [0.15, 0.2) is 5.75 Å². The highest BCUT2D eigenvalue weighted by molar-refractivity contribution is 7.93. The number of hydrogen-bond donors (Lipinski definition) is 1. The standard InChI is InChI=1S/C11H13N3O2S/c1-8-6-9-2-4-14(11(9)7-10(8)13)17(15,16)5-3-12/h6-7H,2,4-5,13H2,1H3. The maximum absolute atomic E-state index is 11.9. The van der Waals surface area contributed by atoms with Crippen LogP contribution in [-0.4, -0.2) is 20.7 Å². The molecular weight excluding hydrogens is 238 g/mol. The van der Waals surface area contributed by atoms with Gasteiger partial charge >= 0.3 is 0 Å². The van der Waals surface area contributed by atoms with Gasteiger partial charge < -0.3 is 5.73 Å². The van der Waals surface area contributed by atoms with Crippen LogP contribution in [0, 0.1) is 18.3 Å². The molecule has 17 heavy (non-hydrogen) atoms. The van der Waals surface area contributed by atoms with Crippen LogP contribution in [0.15, 0.2) is 12.1 Å². The van der Waals surface area contributed by atoms with Crippen molar-refractivity contribution in [3.05, 3.63) is 23.3 Å². The first-order chi connectivity index (χ1) is 7.95. The van der Waals surface area contributed by atoms with Gasteiger partial charge in [0.2, 0.25) is 10.0 Å². The molecule has 90 valence electrons. The molecule has 0 aliphatic carbocycles. The predicted molar refractivity (Wildman–Crippen MR) is 66.0 cm³/mol. The molecule has 2 rings (SSSR count). The number of nitrogens with zero attached hydrogens (tertiary/aromatic N) is 2. The maximum atomic E-state index is 11.9. The molecule has 6 heteroatoms. The molecule has 0 atom stereocenters. The minimum atomic E-state index is -3.54. The Hall–Kier alpha value is -1.74. The first-order valence-electron chi connectivity index (χ1n) is 5.22. The summed E-state index contributed by atoms with van der Waals surface area (Å²) in [7, 11) is -3.54. The average Bonchev–Trinajstić information content (AvgIpc) is 2.62. The van der Waals surface area contributed by atoms with Gasteiger partial charge in [0.05, 0.1) is 11.8 Å². The van der Waals surface area contributed by atoms with Gasteiger partial charge in [-0.3, -0.25) is 4.31 Å². The molecule has 0 saturated heterocycles. The van der Waals surface area contributed by atoms with Crippen molar-refractivity contribution in [1.82, 2.24) is 0 Å². The van der Waals surface area contributed by atoms with E-state index < -0.39 is 15.8 Å². The van der Waals surface area contributed by atoms with Crippen LogP contribution in [0.2, 0.25) is 0 Å². The van der Waals surface area contributed by atoms with E-state index in [1.54, 1.807) is 12.1 Å². The maximum Gasteiger partial charge on any atom is 0.248 e. The number of aryl methyl sites for hydroxylation is 1. The Morgan fingerprint density at radius 3 is 2.88 bits per heavy atom. The summed E-state index contributed by atoms with van der Waals surface area (Å²) in [5.74, 6) is -0.500. The van der Waals surface area contributed by atoms with Crippen LogP contribution in [0.5, 0.6) is 0 Å². The van der Waals surface area contributed by atoms with Gasteiger partial charge in [-0.1, -0.05) is 6.07 Å². The molecule has 0 bridgehead atoms. The summed E-state index contributed by atoms with van der Waals surface area (Å²) in [4.78, 5) is 0. The highest BCUT2D eigenvalue weighted by Gasteiger charge is 2.29. The number of sulfonamides is 1. The molecule has 0 fully saturated rings. The smallest absolute Gasteiger partial charge is 0.248 e. The Balaban J connectivity index is 2.48. The molecule has 0 saturated carbocycles. The van der Waals surface area contributed by atoms with Crippen molar-refractivity contribution < 1.29 is 8.42 Å². The summed E-state index contributed by atoms with van der Waals surface area (Å²) in [5.41, 5.74) is 8.89. The summed E-state index contributed by atoms with van der Waals surface area (Å²) in [6, 6.07) is 5.26. The highest BCUT2D eigenvalue weighted by Crippen LogP contribution is 2.33. The van der Waals surface area contributed by atoms with Crippen molar-refractivity contribution in [3.63, 3.8) is 0 Å². The Morgan fingerprint density at radius 2 is 2.24 bits per heavy atom. The second-order valence-electron chi connectivity index (χ2n) is 4.07. The van der Waals surface area contributed by atoms with Gasteiger partial charge in [0.25, 0.3) is 0 Å². The van der Waals surface area contributed by atoms with E-state index in [1.807, 2.05) is 13.0 Å². The van der Waals surface area contributed by atoms with E-state index in [1.165, 1.54) is 4.31 Å². The topological polar surface area (TPSA) is 87.2 Å². The zero-order chi connectivity index (χ0) is 12.6. The fourth-order valence-corrected chi connectivity index (χ4v) is 3.15. The number of benzene rings is 1. The molecule has 1 aromatic rings. The lowest BCUT2D eigenvalue weighted by Gasteiger charge is -2.18. The van der Waals surface area contributed by atoms with Crippen molar-refractivity contribution in [3.8, 4) is 6.07 Å². The summed E-state index contributed by atoms with van der Waals surface area (Å²) in [5, 5.41) is 8.53. The van der Waals surface area contributed by atoms with E-state index in [-0.39, 0.29) is 0 Å². The molecule has 0 amide bonds. The van der Waals surface area contributed by atoms with E-state index >= 15 is 0 Å². The number of hydrogen-bond acceptors (Lipinski definition) is 4.